The van der Waals surface area contributed by atoms with Crippen molar-refractivity contribution in [3.8, 4) is 17.1 Å². The third-order valence-electron chi connectivity index (χ3n) is 6.37. The van der Waals surface area contributed by atoms with E-state index in [0.29, 0.717) is 35.1 Å². The monoisotopic (exact) mass is 413 g/mol. The molecule has 2 heterocycles. The van der Waals surface area contributed by atoms with E-state index in [0.717, 1.165) is 12.2 Å². The Bertz CT molecular complexity index is 873. The predicted molar refractivity (Wildman–Crippen MR) is 112 cm³/mol. The summed E-state index contributed by atoms with van der Waals surface area (Å²) in [6.07, 6.45) is 10.4. The van der Waals surface area contributed by atoms with Crippen molar-refractivity contribution in [1.29, 1.82) is 0 Å². The van der Waals surface area contributed by atoms with Gasteiger partial charge in [-0.05, 0) is 37.8 Å². The predicted octanol–water partition coefficient (Wildman–Crippen LogP) is 3.96. The quantitative estimate of drug-likeness (QED) is 0.683. The molecule has 1 spiro atoms. The van der Waals surface area contributed by atoms with E-state index in [1.807, 2.05) is 19.1 Å². The van der Waals surface area contributed by atoms with E-state index in [4.69, 9.17) is 9.47 Å². The van der Waals surface area contributed by atoms with Crippen molar-refractivity contribution in [3.63, 3.8) is 0 Å². The Morgan fingerprint density at radius 1 is 1.30 bits per heavy atom. The van der Waals surface area contributed by atoms with Gasteiger partial charge < -0.3 is 14.4 Å². The maximum atomic E-state index is 12.1. The van der Waals surface area contributed by atoms with Gasteiger partial charge in [-0.25, -0.2) is 9.48 Å². The second kappa shape index (κ2) is 8.62. The van der Waals surface area contributed by atoms with Crippen LogP contribution in [0.4, 0.5) is 4.79 Å². The van der Waals surface area contributed by atoms with Crippen molar-refractivity contribution < 1.29 is 14.3 Å². The van der Waals surface area contributed by atoms with E-state index in [1.54, 1.807) is 29.9 Å². The Balaban J connectivity index is 1.39. The van der Waals surface area contributed by atoms with Gasteiger partial charge >= 0.3 is 6.09 Å². The van der Waals surface area contributed by atoms with Crippen LogP contribution >= 0.6 is 0 Å². The topological polar surface area (TPSA) is 82.4 Å². The third-order valence-corrected chi connectivity index (χ3v) is 6.37. The van der Waals surface area contributed by atoms with Crippen LogP contribution in [-0.4, -0.2) is 50.7 Å². The molecule has 0 aliphatic heterocycles. The first-order chi connectivity index (χ1) is 14.5. The van der Waals surface area contributed by atoms with E-state index in [1.165, 1.54) is 38.5 Å². The highest BCUT2D eigenvalue weighted by Gasteiger charge is 2.56. The van der Waals surface area contributed by atoms with Crippen LogP contribution < -0.4 is 4.74 Å². The van der Waals surface area contributed by atoms with Crippen LogP contribution in [0.5, 0.6) is 5.75 Å². The molecule has 1 atom stereocenters. The summed E-state index contributed by atoms with van der Waals surface area (Å²) in [5.74, 6) is 0.796. The summed E-state index contributed by atoms with van der Waals surface area (Å²) >= 11 is 0. The Hall–Kier alpha value is -2.64. The molecule has 0 unspecified atom stereocenters. The lowest BCUT2D eigenvalue weighted by atomic mass is 9.86. The molecule has 2 saturated carbocycles. The number of pyridine rings is 1. The smallest absolute Gasteiger partial charge is 0.409 e. The summed E-state index contributed by atoms with van der Waals surface area (Å²) in [5, 5.41) is 8.30. The fraction of sp³-hybridized carbons (Fsp3) is 0.636. The second-order valence-electron chi connectivity index (χ2n) is 8.60. The van der Waals surface area contributed by atoms with Crippen LogP contribution in [0.1, 0.15) is 57.6 Å². The van der Waals surface area contributed by atoms with Gasteiger partial charge in [-0.2, -0.15) is 0 Å². The van der Waals surface area contributed by atoms with E-state index < -0.39 is 0 Å². The highest BCUT2D eigenvalue weighted by Crippen LogP contribution is 2.57. The van der Waals surface area contributed by atoms with Gasteiger partial charge in [-0.15, -0.1) is 5.10 Å². The highest BCUT2D eigenvalue weighted by atomic mass is 16.6. The molecule has 0 N–H and O–H groups in total. The van der Waals surface area contributed by atoms with Crippen molar-refractivity contribution in [1.82, 2.24) is 24.9 Å². The van der Waals surface area contributed by atoms with Gasteiger partial charge in [0.1, 0.15) is 29.8 Å². The fourth-order valence-corrected chi connectivity index (χ4v) is 4.42. The van der Waals surface area contributed by atoms with Gasteiger partial charge in [-0.3, -0.25) is 4.98 Å². The zero-order valence-electron chi connectivity index (χ0n) is 18.1. The first-order valence-corrected chi connectivity index (χ1v) is 10.9. The van der Waals surface area contributed by atoms with Crippen LogP contribution in [0.25, 0.3) is 11.4 Å². The molecule has 0 aromatic carbocycles. The van der Waals surface area contributed by atoms with Crippen LogP contribution in [-0.2, 0) is 18.4 Å². The SMILES string of the molecule is CCCN(C)C(=O)OCc1c(-c2ccc(O[C@H]3CC34CCCCC4)cn2)nnn1C. The van der Waals surface area contributed by atoms with E-state index >= 15 is 0 Å². The fourth-order valence-electron chi connectivity index (χ4n) is 4.42. The average Bonchev–Trinajstić information content (AvgIpc) is 3.25. The molecule has 2 aromatic heterocycles. The minimum absolute atomic E-state index is 0.0935. The standard InChI is InChI=1S/C22H31N5O3/c1-4-12-26(2)21(28)29-15-18-20(24-25-27(18)3)17-9-8-16(14-23-17)30-19-13-22(19)10-6-5-7-11-22/h8-9,14,19H,4-7,10-13,15H2,1-3H3/t19-/m0/s1. The molecule has 2 fully saturated rings. The number of hydrogen-bond donors (Lipinski definition) is 0. The number of aryl methyl sites for hydroxylation is 1. The Morgan fingerprint density at radius 3 is 2.80 bits per heavy atom. The van der Waals surface area contributed by atoms with Crippen molar-refractivity contribution in [3.05, 3.63) is 24.0 Å². The summed E-state index contributed by atoms with van der Waals surface area (Å²) < 4.78 is 13.2. The number of nitrogens with zero attached hydrogens (tertiary/aromatic N) is 5. The van der Waals surface area contributed by atoms with Gasteiger partial charge in [0.05, 0.1) is 11.9 Å². The van der Waals surface area contributed by atoms with Gasteiger partial charge in [-0.1, -0.05) is 31.4 Å². The second-order valence-corrected chi connectivity index (χ2v) is 8.60. The molecule has 2 aliphatic rings. The molecule has 2 aliphatic carbocycles. The Morgan fingerprint density at radius 2 is 2.10 bits per heavy atom. The molecule has 8 nitrogen and oxygen atoms in total. The summed E-state index contributed by atoms with van der Waals surface area (Å²) in [4.78, 5) is 18.2. The molecule has 8 heteroatoms. The van der Waals surface area contributed by atoms with Gasteiger partial charge in [0.15, 0.2) is 0 Å². The summed E-state index contributed by atoms with van der Waals surface area (Å²) in [6.45, 7) is 2.76. The number of rotatable bonds is 7. The summed E-state index contributed by atoms with van der Waals surface area (Å²) in [7, 11) is 3.51. The van der Waals surface area contributed by atoms with Gasteiger partial charge in [0.25, 0.3) is 0 Å². The molecule has 1 amide bonds. The molecule has 0 bridgehead atoms. The molecule has 0 radical (unpaired) electrons. The number of carbonyl (C=O) groups is 1. The minimum atomic E-state index is -0.359. The largest absolute Gasteiger partial charge is 0.488 e. The average molecular weight is 414 g/mol. The van der Waals surface area contributed by atoms with E-state index in [9.17, 15) is 4.79 Å². The van der Waals surface area contributed by atoms with Crippen molar-refractivity contribution >= 4 is 6.09 Å². The lowest BCUT2D eigenvalue weighted by Crippen LogP contribution is -2.28. The van der Waals surface area contributed by atoms with Crippen molar-refractivity contribution in [2.24, 2.45) is 12.5 Å². The Labute approximate surface area is 177 Å². The van der Waals surface area contributed by atoms with Crippen molar-refractivity contribution in [2.45, 2.75) is 64.6 Å². The van der Waals surface area contributed by atoms with Gasteiger partial charge in [0, 0.05) is 26.1 Å². The van der Waals surface area contributed by atoms with Crippen LogP contribution in [0.3, 0.4) is 0 Å². The lowest BCUT2D eigenvalue weighted by molar-refractivity contribution is 0.103. The minimum Gasteiger partial charge on any atom is -0.488 e. The first-order valence-electron chi connectivity index (χ1n) is 10.9. The van der Waals surface area contributed by atoms with Crippen LogP contribution in [0.15, 0.2) is 18.3 Å². The Kier molecular flexibility index (Phi) is 5.92. The number of ether oxygens (including phenoxy) is 2. The maximum Gasteiger partial charge on any atom is 0.409 e. The maximum absolute atomic E-state index is 12.1. The molecule has 2 aromatic rings. The van der Waals surface area contributed by atoms with Crippen molar-refractivity contribution in [2.75, 3.05) is 13.6 Å². The molecule has 30 heavy (non-hydrogen) atoms. The first kappa shape index (κ1) is 20.6. The molecule has 0 saturated heterocycles. The molecule has 4 rings (SSSR count). The third kappa shape index (κ3) is 4.27. The van der Waals surface area contributed by atoms with Gasteiger partial charge in [0.2, 0.25) is 0 Å². The molecular formula is C22H31N5O3. The normalized spacial score (nSPS) is 19.5. The zero-order valence-corrected chi connectivity index (χ0v) is 18.1. The number of aromatic nitrogens is 4. The number of hydrogen-bond acceptors (Lipinski definition) is 6. The lowest BCUT2D eigenvalue weighted by Gasteiger charge is -2.22. The number of amides is 1. The van der Waals surface area contributed by atoms with Crippen LogP contribution in [0.2, 0.25) is 0 Å². The van der Waals surface area contributed by atoms with E-state index in [-0.39, 0.29) is 12.7 Å². The molecule has 162 valence electrons. The molecular weight excluding hydrogens is 382 g/mol. The highest BCUT2D eigenvalue weighted by molar-refractivity contribution is 5.67. The summed E-state index contributed by atoms with van der Waals surface area (Å²) in [6, 6.07) is 3.83. The summed E-state index contributed by atoms with van der Waals surface area (Å²) in [5.41, 5.74) is 2.43. The van der Waals surface area contributed by atoms with Crippen LogP contribution in [0, 0.1) is 5.41 Å². The zero-order chi connectivity index (χ0) is 21.1. The van der Waals surface area contributed by atoms with E-state index in [2.05, 4.69) is 15.3 Å². The number of carbonyl (C=O) groups excluding carboxylic acids is 1.